The van der Waals surface area contributed by atoms with Crippen molar-refractivity contribution >= 4 is 17.9 Å². The third kappa shape index (κ3) is 6.49. The molecule has 0 saturated carbocycles. The molecule has 0 aliphatic heterocycles. The standard InChI is InChI=1S/C18H32O6/c1-5-9-12-22-15(19)18(8-4,16(20)23-13-10-6-2)17(21)24-14-11-7-3/h5-14H2,1-4H3. The minimum absolute atomic E-state index is 0.0477. The van der Waals surface area contributed by atoms with Gasteiger partial charge in [0.15, 0.2) is 0 Å². The van der Waals surface area contributed by atoms with Crippen LogP contribution in [0.15, 0.2) is 0 Å². The Morgan fingerprint density at radius 2 is 0.917 bits per heavy atom. The molecule has 0 rings (SSSR count). The Morgan fingerprint density at radius 1 is 0.625 bits per heavy atom. The molecular weight excluding hydrogens is 312 g/mol. The summed E-state index contributed by atoms with van der Waals surface area (Å²) in [5.74, 6) is -2.62. The number of rotatable bonds is 13. The van der Waals surface area contributed by atoms with E-state index in [9.17, 15) is 14.4 Å². The maximum Gasteiger partial charge on any atom is 0.335 e. The lowest BCUT2D eigenvalue weighted by Crippen LogP contribution is -2.49. The fourth-order valence-electron chi connectivity index (χ4n) is 1.98. The predicted octanol–water partition coefficient (Wildman–Crippen LogP) is 3.41. The zero-order valence-electron chi connectivity index (χ0n) is 15.5. The van der Waals surface area contributed by atoms with Crippen LogP contribution >= 0.6 is 0 Å². The molecule has 24 heavy (non-hydrogen) atoms. The second-order valence-electron chi connectivity index (χ2n) is 5.73. The lowest BCUT2D eigenvalue weighted by molar-refractivity contribution is -0.184. The molecule has 0 unspecified atom stereocenters. The van der Waals surface area contributed by atoms with Crippen LogP contribution in [0.2, 0.25) is 0 Å². The van der Waals surface area contributed by atoms with Gasteiger partial charge in [-0.15, -0.1) is 0 Å². The Bertz CT molecular complexity index is 336. The number of carbonyl (C=O) groups is 3. The van der Waals surface area contributed by atoms with Gasteiger partial charge in [0.25, 0.3) is 5.41 Å². The fourth-order valence-corrected chi connectivity index (χ4v) is 1.98. The average Bonchev–Trinajstić information content (AvgIpc) is 2.56. The van der Waals surface area contributed by atoms with Crippen LogP contribution in [-0.2, 0) is 28.6 Å². The maximum atomic E-state index is 12.5. The van der Waals surface area contributed by atoms with Gasteiger partial charge < -0.3 is 14.2 Å². The molecule has 6 nitrogen and oxygen atoms in total. The highest BCUT2D eigenvalue weighted by atomic mass is 16.6. The molecule has 140 valence electrons. The first-order chi connectivity index (χ1) is 11.5. The van der Waals surface area contributed by atoms with Gasteiger partial charge in [-0.2, -0.15) is 0 Å². The summed E-state index contributed by atoms with van der Waals surface area (Å²) in [6, 6.07) is 0. The molecule has 0 aliphatic rings. The second kappa shape index (κ2) is 12.8. The Hall–Kier alpha value is -1.59. The van der Waals surface area contributed by atoms with Crippen molar-refractivity contribution in [1.82, 2.24) is 0 Å². The van der Waals surface area contributed by atoms with Crippen molar-refractivity contribution in [1.29, 1.82) is 0 Å². The van der Waals surface area contributed by atoms with Crippen molar-refractivity contribution in [3.63, 3.8) is 0 Å². The summed E-state index contributed by atoms with van der Waals surface area (Å²) in [5.41, 5.74) is -2.02. The third-order valence-electron chi connectivity index (χ3n) is 3.77. The molecule has 0 aromatic rings. The van der Waals surface area contributed by atoms with E-state index in [4.69, 9.17) is 14.2 Å². The van der Waals surface area contributed by atoms with Gasteiger partial charge >= 0.3 is 17.9 Å². The van der Waals surface area contributed by atoms with Crippen LogP contribution < -0.4 is 0 Å². The summed E-state index contributed by atoms with van der Waals surface area (Å²) >= 11 is 0. The summed E-state index contributed by atoms with van der Waals surface area (Å²) in [6.07, 6.45) is 4.48. The van der Waals surface area contributed by atoms with Crippen molar-refractivity contribution in [2.75, 3.05) is 19.8 Å². The highest BCUT2D eigenvalue weighted by Gasteiger charge is 2.56. The topological polar surface area (TPSA) is 78.9 Å². The quantitative estimate of drug-likeness (QED) is 0.220. The Balaban J connectivity index is 5.21. The van der Waals surface area contributed by atoms with Gasteiger partial charge in [0.1, 0.15) is 0 Å². The molecule has 0 bridgehead atoms. The molecule has 0 fully saturated rings. The van der Waals surface area contributed by atoms with E-state index in [1.54, 1.807) is 6.92 Å². The van der Waals surface area contributed by atoms with Gasteiger partial charge in [-0.1, -0.05) is 47.0 Å². The highest BCUT2D eigenvalue weighted by molar-refractivity contribution is 6.17. The van der Waals surface area contributed by atoms with Crippen molar-refractivity contribution in [2.24, 2.45) is 5.41 Å². The van der Waals surface area contributed by atoms with Gasteiger partial charge in [-0.25, -0.2) is 0 Å². The molecule has 0 radical (unpaired) electrons. The lowest BCUT2D eigenvalue weighted by Gasteiger charge is -2.26. The van der Waals surface area contributed by atoms with Gasteiger partial charge in [0.05, 0.1) is 19.8 Å². The zero-order chi connectivity index (χ0) is 18.4. The van der Waals surface area contributed by atoms with E-state index < -0.39 is 23.3 Å². The first-order valence-corrected chi connectivity index (χ1v) is 9.02. The Labute approximate surface area is 145 Å². The van der Waals surface area contributed by atoms with Gasteiger partial charge in [-0.3, -0.25) is 14.4 Å². The van der Waals surface area contributed by atoms with E-state index in [1.807, 2.05) is 20.8 Å². The Kier molecular flexibility index (Phi) is 11.9. The average molecular weight is 344 g/mol. The summed E-state index contributed by atoms with van der Waals surface area (Å²) in [7, 11) is 0. The number of ether oxygens (including phenoxy) is 3. The summed E-state index contributed by atoms with van der Waals surface area (Å²) < 4.78 is 15.5. The molecule has 0 amide bonds. The fraction of sp³-hybridized carbons (Fsp3) is 0.833. The summed E-state index contributed by atoms with van der Waals surface area (Å²) in [6.45, 7) is 7.96. The minimum atomic E-state index is -2.02. The number of esters is 3. The molecule has 0 N–H and O–H groups in total. The molecule has 0 saturated heterocycles. The van der Waals surface area contributed by atoms with E-state index in [2.05, 4.69) is 0 Å². The molecule has 0 atom stereocenters. The van der Waals surface area contributed by atoms with Crippen molar-refractivity contribution in [3.05, 3.63) is 0 Å². The van der Waals surface area contributed by atoms with Crippen LogP contribution in [0.5, 0.6) is 0 Å². The van der Waals surface area contributed by atoms with E-state index in [0.717, 1.165) is 19.3 Å². The third-order valence-corrected chi connectivity index (χ3v) is 3.77. The molecule has 0 aromatic heterocycles. The van der Waals surface area contributed by atoms with E-state index >= 15 is 0 Å². The maximum absolute atomic E-state index is 12.5. The van der Waals surface area contributed by atoms with Crippen LogP contribution in [-0.4, -0.2) is 37.7 Å². The molecule has 6 heteroatoms. The lowest BCUT2D eigenvalue weighted by atomic mass is 9.85. The smallest absolute Gasteiger partial charge is 0.335 e. The van der Waals surface area contributed by atoms with Gasteiger partial charge in [-0.05, 0) is 25.7 Å². The number of hydrogen-bond acceptors (Lipinski definition) is 6. The first kappa shape index (κ1) is 22.4. The Morgan fingerprint density at radius 3 is 1.12 bits per heavy atom. The van der Waals surface area contributed by atoms with Crippen LogP contribution in [0.3, 0.4) is 0 Å². The van der Waals surface area contributed by atoms with Crippen molar-refractivity contribution in [2.45, 2.75) is 72.6 Å². The SMILES string of the molecule is CCCCOC(=O)C(CC)(C(=O)OCCCC)C(=O)OCCCC. The largest absolute Gasteiger partial charge is 0.464 e. The summed E-state index contributed by atoms with van der Waals surface area (Å²) in [5, 5.41) is 0. The molecule has 0 spiro atoms. The molecule has 0 aliphatic carbocycles. The second-order valence-corrected chi connectivity index (χ2v) is 5.73. The minimum Gasteiger partial charge on any atom is -0.464 e. The molecule has 0 heterocycles. The van der Waals surface area contributed by atoms with E-state index in [0.29, 0.717) is 19.3 Å². The molecule has 0 aromatic carbocycles. The van der Waals surface area contributed by atoms with Crippen molar-refractivity contribution < 1.29 is 28.6 Å². The first-order valence-electron chi connectivity index (χ1n) is 9.02. The van der Waals surface area contributed by atoms with Crippen molar-refractivity contribution in [3.8, 4) is 0 Å². The van der Waals surface area contributed by atoms with E-state index in [-0.39, 0.29) is 26.2 Å². The number of hydrogen-bond donors (Lipinski definition) is 0. The van der Waals surface area contributed by atoms with Gasteiger partial charge in [0, 0.05) is 0 Å². The predicted molar refractivity (Wildman–Crippen MR) is 90.3 cm³/mol. The van der Waals surface area contributed by atoms with Gasteiger partial charge in [0.2, 0.25) is 0 Å². The number of carbonyl (C=O) groups excluding carboxylic acids is 3. The van der Waals surface area contributed by atoms with Crippen LogP contribution in [0.1, 0.15) is 72.6 Å². The highest BCUT2D eigenvalue weighted by Crippen LogP contribution is 2.29. The van der Waals surface area contributed by atoms with Crippen LogP contribution in [0.4, 0.5) is 0 Å². The zero-order valence-corrected chi connectivity index (χ0v) is 15.5. The van der Waals surface area contributed by atoms with E-state index in [1.165, 1.54) is 0 Å². The summed E-state index contributed by atoms with van der Waals surface area (Å²) in [4.78, 5) is 37.5. The monoisotopic (exact) mass is 344 g/mol. The van der Waals surface area contributed by atoms with Crippen LogP contribution in [0, 0.1) is 5.41 Å². The number of unbranched alkanes of at least 4 members (excludes halogenated alkanes) is 3. The molecular formula is C18H32O6. The van der Waals surface area contributed by atoms with Crippen LogP contribution in [0.25, 0.3) is 0 Å². The normalized spacial score (nSPS) is 11.0.